The van der Waals surface area contributed by atoms with Crippen LogP contribution in [-0.4, -0.2) is 0 Å². The van der Waals surface area contributed by atoms with E-state index >= 15 is 0 Å². The van der Waals surface area contributed by atoms with Crippen molar-refractivity contribution in [3.8, 4) is 0 Å². The number of aryl methyl sites for hydroxylation is 1. The Morgan fingerprint density at radius 3 is 2.22 bits per heavy atom. The summed E-state index contributed by atoms with van der Waals surface area (Å²) < 4.78 is 13.0. The topological polar surface area (TPSA) is 0 Å². The van der Waals surface area contributed by atoms with Crippen LogP contribution >= 0.6 is 11.6 Å². The van der Waals surface area contributed by atoms with Crippen LogP contribution in [-0.2, 0) is 6.42 Å². The predicted octanol–water partition coefficient (Wildman–Crippen LogP) is 5.21. The van der Waals surface area contributed by atoms with Crippen molar-refractivity contribution in [2.45, 2.75) is 13.3 Å². The summed E-state index contributed by atoms with van der Waals surface area (Å²) in [5.41, 5.74) is 3.32. The maximum Gasteiger partial charge on any atom is 0.141 e. The lowest BCUT2D eigenvalue weighted by molar-refractivity contribution is 0.628. The minimum Gasteiger partial charge on any atom is -0.205 e. The van der Waals surface area contributed by atoms with Gasteiger partial charge in [0.25, 0.3) is 0 Å². The SMILES string of the molecule is CCc1ccc(/C=C/c2ccc(F)c(Cl)c2)cc1. The molecular formula is C16H14ClF. The zero-order valence-corrected chi connectivity index (χ0v) is 10.9. The summed E-state index contributed by atoms with van der Waals surface area (Å²) in [7, 11) is 0. The summed E-state index contributed by atoms with van der Waals surface area (Å²) in [4.78, 5) is 0. The first-order valence-electron chi connectivity index (χ1n) is 5.91. The minimum absolute atomic E-state index is 0.151. The monoisotopic (exact) mass is 260 g/mol. The Bertz CT molecular complexity index is 556. The molecule has 0 bridgehead atoms. The van der Waals surface area contributed by atoms with Crippen LogP contribution in [0.2, 0.25) is 5.02 Å². The third-order valence-electron chi connectivity index (χ3n) is 2.80. The van der Waals surface area contributed by atoms with Crippen molar-refractivity contribution >= 4 is 23.8 Å². The molecule has 0 saturated carbocycles. The van der Waals surface area contributed by atoms with Crippen LogP contribution in [0.15, 0.2) is 42.5 Å². The number of benzene rings is 2. The van der Waals surface area contributed by atoms with Crippen LogP contribution in [0.4, 0.5) is 4.39 Å². The maximum atomic E-state index is 13.0. The number of halogens is 2. The molecule has 0 aliphatic carbocycles. The molecule has 0 N–H and O–H groups in total. The summed E-state index contributed by atoms with van der Waals surface area (Å²) in [5, 5.41) is 0.151. The molecule has 18 heavy (non-hydrogen) atoms. The van der Waals surface area contributed by atoms with Crippen LogP contribution in [0.1, 0.15) is 23.6 Å². The Labute approximate surface area is 112 Å². The van der Waals surface area contributed by atoms with Gasteiger partial charge in [-0.05, 0) is 35.2 Å². The molecule has 0 fully saturated rings. The predicted molar refractivity (Wildman–Crippen MR) is 76.2 cm³/mol. The van der Waals surface area contributed by atoms with Crippen LogP contribution in [0.25, 0.3) is 12.2 Å². The normalized spacial score (nSPS) is 11.1. The van der Waals surface area contributed by atoms with Crippen molar-refractivity contribution in [2.75, 3.05) is 0 Å². The Kier molecular flexibility index (Phi) is 4.16. The molecule has 0 saturated heterocycles. The third kappa shape index (κ3) is 3.21. The molecule has 0 spiro atoms. The lowest BCUT2D eigenvalue weighted by Crippen LogP contribution is -1.80. The largest absolute Gasteiger partial charge is 0.205 e. The van der Waals surface area contributed by atoms with Crippen molar-refractivity contribution in [1.82, 2.24) is 0 Å². The average molecular weight is 261 g/mol. The van der Waals surface area contributed by atoms with Crippen molar-refractivity contribution < 1.29 is 4.39 Å². The van der Waals surface area contributed by atoms with Crippen molar-refractivity contribution in [1.29, 1.82) is 0 Å². The molecule has 92 valence electrons. The summed E-state index contributed by atoms with van der Waals surface area (Å²) in [6.07, 6.45) is 4.95. The quantitative estimate of drug-likeness (QED) is 0.665. The second-order valence-corrected chi connectivity index (χ2v) is 4.51. The lowest BCUT2D eigenvalue weighted by atomic mass is 10.1. The summed E-state index contributed by atoms with van der Waals surface area (Å²) >= 11 is 5.73. The molecule has 0 aliphatic rings. The van der Waals surface area contributed by atoms with E-state index in [0.717, 1.165) is 17.5 Å². The van der Waals surface area contributed by atoms with Crippen molar-refractivity contribution in [3.05, 3.63) is 70.0 Å². The van der Waals surface area contributed by atoms with Crippen LogP contribution in [0.3, 0.4) is 0 Å². The lowest BCUT2D eigenvalue weighted by Gasteiger charge is -1.99. The first-order valence-corrected chi connectivity index (χ1v) is 6.29. The van der Waals surface area contributed by atoms with Gasteiger partial charge in [0.1, 0.15) is 5.82 Å². The van der Waals surface area contributed by atoms with Gasteiger partial charge in [0, 0.05) is 0 Å². The standard InChI is InChI=1S/C16H14ClF/c1-2-12-3-5-13(6-4-12)7-8-14-9-10-16(18)15(17)11-14/h3-11H,2H2,1H3/b8-7+. The van der Waals surface area contributed by atoms with Gasteiger partial charge in [0.15, 0.2) is 0 Å². The van der Waals surface area contributed by atoms with Crippen LogP contribution in [0, 0.1) is 5.82 Å². The van der Waals surface area contributed by atoms with Gasteiger partial charge < -0.3 is 0 Å². The molecule has 0 nitrogen and oxygen atoms in total. The molecule has 0 amide bonds. The van der Waals surface area contributed by atoms with Crippen molar-refractivity contribution in [2.24, 2.45) is 0 Å². The van der Waals surface area contributed by atoms with Gasteiger partial charge in [-0.2, -0.15) is 0 Å². The molecule has 0 aromatic heterocycles. The van der Waals surface area contributed by atoms with E-state index in [4.69, 9.17) is 11.6 Å². The zero-order valence-electron chi connectivity index (χ0n) is 10.2. The van der Waals surface area contributed by atoms with Gasteiger partial charge in [-0.25, -0.2) is 4.39 Å². The molecule has 0 radical (unpaired) electrons. The van der Waals surface area contributed by atoms with Gasteiger partial charge in [0.2, 0.25) is 0 Å². The first kappa shape index (κ1) is 12.8. The minimum atomic E-state index is -0.388. The zero-order chi connectivity index (χ0) is 13.0. The van der Waals surface area contributed by atoms with Crippen LogP contribution in [0.5, 0.6) is 0 Å². The van der Waals surface area contributed by atoms with E-state index in [2.05, 4.69) is 31.2 Å². The fraction of sp³-hybridized carbons (Fsp3) is 0.125. The molecule has 0 heterocycles. The highest BCUT2D eigenvalue weighted by atomic mass is 35.5. The highest BCUT2D eigenvalue weighted by molar-refractivity contribution is 6.30. The fourth-order valence-electron chi connectivity index (χ4n) is 1.67. The molecule has 2 aromatic rings. The van der Waals surface area contributed by atoms with E-state index in [1.807, 2.05) is 12.2 Å². The summed E-state index contributed by atoms with van der Waals surface area (Å²) in [5.74, 6) is -0.388. The Hall–Kier alpha value is -1.60. The van der Waals surface area contributed by atoms with E-state index in [1.54, 1.807) is 12.1 Å². The maximum absolute atomic E-state index is 13.0. The highest BCUT2D eigenvalue weighted by Gasteiger charge is 1.98. The highest BCUT2D eigenvalue weighted by Crippen LogP contribution is 2.18. The third-order valence-corrected chi connectivity index (χ3v) is 3.09. The van der Waals surface area contributed by atoms with Crippen molar-refractivity contribution in [3.63, 3.8) is 0 Å². The number of hydrogen-bond acceptors (Lipinski definition) is 0. The molecule has 2 aromatic carbocycles. The molecule has 0 atom stereocenters. The van der Waals surface area contributed by atoms with Gasteiger partial charge in [-0.3, -0.25) is 0 Å². The van der Waals surface area contributed by atoms with Gasteiger partial charge >= 0.3 is 0 Å². The molecular weight excluding hydrogens is 247 g/mol. The summed E-state index contributed by atoms with van der Waals surface area (Å²) in [6, 6.07) is 13.1. The second kappa shape index (κ2) is 5.83. The van der Waals surface area contributed by atoms with E-state index in [9.17, 15) is 4.39 Å². The second-order valence-electron chi connectivity index (χ2n) is 4.10. The van der Waals surface area contributed by atoms with E-state index in [-0.39, 0.29) is 10.8 Å². The van der Waals surface area contributed by atoms with Gasteiger partial charge in [0.05, 0.1) is 5.02 Å². The van der Waals surface area contributed by atoms with E-state index < -0.39 is 0 Å². The summed E-state index contributed by atoms with van der Waals surface area (Å²) in [6.45, 7) is 2.13. The average Bonchev–Trinajstić information content (AvgIpc) is 2.41. The molecule has 2 heteroatoms. The fourth-order valence-corrected chi connectivity index (χ4v) is 1.86. The van der Waals surface area contributed by atoms with Gasteiger partial charge in [-0.1, -0.05) is 61.0 Å². The Morgan fingerprint density at radius 2 is 1.61 bits per heavy atom. The van der Waals surface area contributed by atoms with E-state index in [0.29, 0.717) is 0 Å². The molecule has 0 unspecified atom stereocenters. The van der Waals surface area contributed by atoms with Gasteiger partial charge in [-0.15, -0.1) is 0 Å². The molecule has 0 aliphatic heterocycles. The number of hydrogen-bond donors (Lipinski definition) is 0. The molecule has 2 rings (SSSR count). The Balaban J connectivity index is 2.16. The smallest absolute Gasteiger partial charge is 0.141 e. The van der Waals surface area contributed by atoms with E-state index in [1.165, 1.54) is 11.6 Å². The first-order chi connectivity index (χ1) is 8.69. The van der Waals surface area contributed by atoms with Crippen LogP contribution < -0.4 is 0 Å². The number of rotatable bonds is 3. The Morgan fingerprint density at radius 1 is 1.00 bits per heavy atom.